The van der Waals surface area contributed by atoms with Crippen LogP contribution >= 0.6 is 0 Å². The maximum atomic E-state index is 12.7. The number of benzene rings is 4. The van der Waals surface area contributed by atoms with Crippen LogP contribution in [0.5, 0.6) is 5.75 Å². The summed E-state index contributed by atoms with van der Waals surface area (Å²) in [4.78, 5) is 0. The van der Waals surface area contributed by atoms with E-state index in [0.29, 0.717) is 5.39 Å². The zero-order chi connectivity index (χ0) is 23.6. The van der Waals surface area contributed by atoms with Crippen LogP contribution in [0.2, 0.25) is 0 Å². The van der Waals surface area contributed by atoms with Crippen LogP contribution in [-0.4, -0.2) is 13.9 Å². The molecule has 0 aliphatic heterocycles. The quantitative estimate of drug-likeness (QED) is 0.239. The summed E-state index contributed by atoms with van der Waals surface area (Å²) in [5.41, 5.74) is 1.06. The Kier molecular flexibility index (Phi) is 4.62. The molecule has 5 rings (SSSR count). The fraction of sp³-hybridized carbons (Fsp3) is 0.154. The van der Waals surface area contributed by atoms with Crippen LogP contribution in [0.1, 0.15) is 25.0 Å². The van der Waals surface area contributed by atoms with E-state index in [4.69, 9.17) is 0 Å². The number of rotatable bonds is 3. The molecule has 33 heavy (non-hydrogen) atoms. The zero-order valence-electron chi connectivity index (χ0n) is 17.8. The van der Waals surface area contributed by atoms with Gasteiger partial charge in [-0.25, -0.2) is 0 Å². The highest BCUT2D eigenvalue weighted by molar-refractivity contribution is 7.88. The van der Waals surface area contributed by atoms with Crippen molar-refractivity contribution >= 4 is 20.9 Å². The van der Waals surface area contributed by atoms with Crippen molar-refractivity contribution in [1.82, 2.24) is 0 Å². The lowest BCUT2D eigenvalue weighted by Crippen LogP contribution is -2.28. The van der Waals surface area contributed by atoms with E-state index in [0.717, 1.165) is 16.5 Å². The van der Waals surface area contributed by atoms with Gasteiger partial charge < -0.3 is 4.18 Å². The van der Waals surface area contributed by atoms with Gasteiger partial charge in [-0.2, -0.15) is 21.6 Å². The lowest BCUT2D eigenvalue weighted by Gasteiger charge is -2.22. The van der Waals surface area contributed by atoms with Gasteiger partial charge in [-0.1, -0.05) is 68.4 Å². The van der Waals surface area contributed by atoms with Crippen LogP contribution in [0.15, 0.2) is 78.9 Å². The molecule has 0 atom stereocenters. The molecule has 7 heteroatoms. The first-order valence-corrected chi connectivity index (χ1v) is 11.7. The summed E-state index contributed by atoms with van der Waals surface area (Å²) in [6, 6.07) is 24.2. The van der Waals surface area contributed by atoms with Crippen molar-refractivity contribution in [1.29, 1.82) is 0 Å². The van der Waals surface area contributed by atoms with Gasteiger partial charge in [-0.05, 0) is 68.4 Å². The standard InChI is InChI=1S/C26H19F3O3S/c1-25(2)23-6-4-3-5-21(23)22-12-10-18(15-24(22)25)17-8-7-16-9-11-20(14-19(16)13-17)32-33(30,31)26(27,28)29/h3-15H,1-2H3. The van der Waals surface area contributed by atoms with Gasteiger partial charge in [0.2, 0.25) is 0 Å². The molecular formula is C26H19F3O3S. The summed E-state index contributed by atoms with van der Waals surface area (Å²) in [6.45, 7) is 4.37. The van der Waals surface area contributed by atoms with E-state index in [1.54, 1.807) is 0 Å². The van der Waals surface area contributed by atoms with Crippen LogP contribution in [0, 0.1) is 0 Å². The number of hydrogen-bond donors (Lipinski definition) is 0. The van der Waals surface area contributed by atoms with Gasteiger partial charge in [-0.3, -0.25) is 0 Å². The second kappa shape index (κ2) is 7.09. The smallest absolute Gasteiger partial charge is 0.376 e. The Hall–Kier alpha value is -3.32. The predicted octanol–water partition coefficient (Wildman–Crippen LogP) is 7.04. The second-order valence-corrected chi connectivity index (χ2v) is 10.2. The molecule has 0 amide bonds. The molecule has 1 aliphatic carbocycles. The van der Waals surface area contributed by atoms with Crippen molar-refractivity contribution in [2.75, 3.05) is 0 Å². The Morgan fingerprint density at radius 1 is 0.727 bits per heavy atom. The molecule has 4 aromatic carbocycles. The van der Waals surface area contributed by atoms with Crippen molar-refractivity contribution in [3.63, 3.8) is 0 Å². The molecule has 0 N–H and O–H groups in total. The first-order chi connectivity index (χ1) is 15.5. The molecule has 1 aliphatic rings. The Labute approximate surface area is 189 Å². The van der Waals surface area contributed by atoms with E-state index in [1.807, 2.05) is 36.4 Å². The first-order valence-electron chi connectivity index (χ1n) is 10.3. The summed E-state index contributed by atoms with van der Waals surface area (Å²) in [5, 5.41) is 1.33. The van der Waals surface area contributed by atoms with Crippen LogP contribution in [0.4, 0.5) is 13.2 Å². The maximum Gasteiger partial charge on any atom is 0.534 e. The van der Waals surface area contributed by atoms with Crippen molar-refractivity contribution in [2.24, 2.45) is 0 Å². The molecule has 0 saturated carbocycles. The van der Waals surface area contributed by atoms with Crippen molar-refractivity contribution in [3.05, 3.63) is 90.0 Å². The second-order valence-electron chi connectivity index (χ2n) is 8.64. The Bertz CT molecular complexity index is 1520. The van der Waals surface area contributed by atoms with E-state index < -0.39 is 15.6 Å². The lowest BCUT2D eigenvalue weighted by molar-refractivity contribution is -0.0500. The molecule has 0 spiro atoms. The summed E-state index contributed by atoms with van der Waals surface area (Å²) < 4.78 is 65.0. The third kappa shape index (κ3) is 3.47. The maximum absolute atomic E-state index is 12.7. The highest BCUT2D eigenvalue weighted by Gasteiger charge is 2.48. The monoisotopic (exact) mass is 468 g/mol. The van der Waals surface area contributed by atoms with Gasteiger partial charge in [0.25, 0.3) is 0 Å². The van der Waals surface area contributed by atoms with Gasteiger partial charge in [0, 0.05) is 5.41 Å². The molecule has 0 heterocycles. The summed E-state index contributed by atoms with van der Waals surface area (Å²) in [5.74, 6) is -0.387. The van der Waals surface area contributed by atoms with Gasteiger partial charge in [0.05, 0.1) is 0 Å². The van der Waals surface area contributed by atoms with E-state index in [-0.39, 0.29) is 11.2 Å². The molecule has 0 bridgehead atoms. The van der Waals surface area contributed by atoms with Crippen LogP contribution in [0.25, 0.3) is 33.0 Å². The van der Waals surface area contributed by atoms with Crippen molar-refractivity contribution in [2.45, 2.75) is 24.8 Å². The first kappa shape index (κ1) is 21.5. The molecule has 168 valence electrons. The number of halogens is 3. The molecule has 0 unspecified atom stereocenters. The number of fused-ring (bicyclic) bond motifs is 4. The average molecular weight is 468 g/mol. The fourth-order valence-corrected chi connectivity index (χ4v) is 4.97. The average Bonchev–Trinajstić information content (AvgIpc) is 2.99. The molecular weight excluding hydrogens is 449 g/mol. The minimum Gasteiger partial charge on any atom is -0.376 e. The Balaban J connectivity index is 1.56. The normalized spacial score (nSPS) is 14.7. The van der Waals surface area contributed by atoms with Gasteiger partial charge in [0.1, 0.15) is 5.75 Å². The summed E-state index contributed by atoms with van der Waals surface area (Å²) in [6.07, 6.45) is 0. The Morgan fingerprint density at radius 2 is 1.36 bits per heavy atom. The Morgan fingerprint density at radius 3 is 2.12 bits per heavy atom. The van der Waals surface area contributed by atoms with Crippen molar-refractivity contribution in [3.8, 4) is 28.0 Å². The fourth-order valence-electron chi connectivity index (χ4n) is 4.51. The number of hydrogen-bond acceptors (Lipinski definition) is 3. The van der Waals surface area contributed by atoms with E-state index >= 15 is 0 Å². The largest absolute Gasteiger partial charge is 0.534 e. The minimum atomic E-state index is -5.73. The highest BCUT2D eigenvalue weighted by atomic mass is 32.2. The van der Waals surface area contributed by atoms with Crippen LogP contribution < -0.4 is 4.18 Å². The van der Waals surface area contributed by atoms with E-state index in [1.165, 1.54) is 40.5 Å². The van der Waals surface area contributed by atoms with Gasteiger partial charge in [0.15, 0.2) is 0 Å². The SMILES string of the molecule is CC1(C)c2ccccc2-c2ccc(-c3ccc4ccc(OS(=O)(=O)C(F)(F)F)cc4c3)cc21. The highest BCUT2D eigenvalue weighted by Crippen LogP contribution is 2.49. The van der Waals surface area contributed by atoms with Gasteiger partial charge >= 0.3 is 15.6 Å². The topological polar surface area (TPSA) is 43.4 Å². The third-order valence-electron chi connectivity index (χ3n) is 6.22. The molecule has 4 aromatic rings. The third-order valence-corrected chi connectivity index (χ3v) is 7.20. The van der Waals surface area contributed by atoms with E-state index in [9.17, 15) is 21.6 Å². The number of alkyl halides is 3. The zero-order valence-corrected chi connectivity index (χ0v) is 18.6. The molecule has 0 aromatic heterocycles. The molecule has 0 fully saturated rings. The molecule has 0 saturated heterocycles. The van der Waals surface area contributed by atoms with Crippen molar-refractivity contribution < 1.29 is 25.8 Å². The minimum absolute atomic E-state index is 0.161. The molecule has 0 radical (unpaired) electrons. The van der Waals surface area contributed by atoms with Crippen LogP contribution in [0.3, 0.4) is 0 Å². The molecule has 3 nitrogen and oxygen atoms in total. The summed E-state index contributed by atoms with van der Waals surface area (Å²) >= 11 is 0. The van der Waals surface area contributed by atoms with Crippen LogP contribution in [-0.2, 0) is 15.5 Å². The summed E-state index contributed by atoms with van der Waals surface area (Å²) in [7, 11) is -5.73. The predicted molar refractivity (Wildman–Crippen MR) is 123 cm³/mol. The van der Waals surface area contributed by atoms with Gasteiger partial charge in [-0.15, -0.1) is 0 Å². The van der Waals surface area contributed by atoms with E-state index in [2.05, 4.69) is 42.3 Å². The lowest BCUT2D eigenvalue weighted by atomic mass is 9.81.